The average molecular weight is 523 g/mol. The van der Waals surface area contributed by atoms with Gasteiger partial charge in [-0.3, -0.25) is 9.59 Å². The van der Waals surface area contributed by atoms with E-state index in [0.29, 0.717) is 35.9 Å². The monoisotopic (exact) mass is 522 g/mol. The lowest BCUT2D eigenvalue weighted by Gasteiger charge is -2.07. The van der Waals surface area contributed by atoms with E-state index in [0.717, 1.165) is 12.2 Å². The molecule has 0 atom stereocenters. The van der Waals surface area contributed by atoms with Crippen LogP contribution in [0.5, 0.6) is 11.5 Å². The third-order valence-corrected chi connectivity index (χ3v) is 4.90. The van der Waals surface area contributed by atoms with E-state index in [9.17, 15) is 9.18 Å². The minimum atomic E-state index is -0.462. The van der Waals surface area contributed by atoms with Gasteiger partial charge in [0.25, 0.3) is 0 Å². The number of halogens is 1. The lowest BCUT2D eigenvalue weighted by molar-refractivity contribution is -0.117. The SMILES string of the molecule is CC(=N)/C(CC(N)=O)=C(/C)N.Fc1ccc(Oc2ccc(CCOCc3ccccc3)cc2)cc1.NC=O. The Morgan fingerprint density at radius 3 is 1.87 bits per heavy atom. The smallest absolute Gasteiger partial charge is 0.221 e. The number of benzene rings is 3. The van der Waals surface area contributed by atoms with Gasteiger partial charge in [0.1, 0.15) is 17.3 Å². The predicted molar refractivity (Wildman–Crippen MR) is 147 cm³/mol. The summed E-state index contributed by atoms with van der Waals surface area (Å²) in [5.41, 5.74) is 18.2. The van der Waals surface area contributed by atoms with Gasteiger partial charge in [0, 0.05) is 17.0 Å². The minimum absolute atomic E-state index is 0.0532. The van der Waals surface area contributed by atoms with E-state index >= 15 is 0 Å². The molecule has 0 saturated heterocycles. The van der Waals surface area contributed by atoms with Crippen molar-refractivity contribution in [3.05, 3.63) is 107 Å². The Labute approximate surface area is 222 Å². The molecule has 0 fully saturated rings. The van der Waals surface area contributed by atoms with Gasteiger partial charge in [0.2, 0.25) is 12.3 Å². The van der Waals surface area contributed by atoms with E-state index in [-0.39, 0.29) is 18.6 Å². The van der Waals surface area contributed by atoms with Gasteiger partial charge in [0.05, 0.1) is 19.6 Å². The van der Waals surface area contributed by atoms with Crippen molar-refractivity contribution < 1.29 is 23.5 Å². The van der Waals surface area contributed by atoms with Crippen LogP contribution in [-0.4, -0.2) is 24.6 Å². The Balaban J connectivity index is 0.000000434. The molecule has 8 nitrogen and oxygen atoms in total. The van der Waals surface area contributed by atoms with Crippen molar-refractivity contribution in [1.29, 1.82) is 5.41 Å². The van der Waals surface area contributed by atoms with Gasteiger partial charge in [-0.05, 0) is 67.8 Å². The van der Waals surface area contributed by atoms with Crippen LogP contribution >= 0.6 is 0 Å². The number of rotatable bonds is 10. The molecule has 0 saturated carbocycles. The van der Waals surface area contributed by atoms with Crippen molar-refractivity contribution in [3.63, 3.8) is 0 Å². The molecule has 0 aliphatic carbocycles. The first-order valence-corrected chi connectivity index (χ1v) is 11.7. The summed E-state index contributed by atoms with van der Waals surface area (Å²) in [5, 5.41) is 7.23. The molecule has 2 amide bonds. The molecule has 202 valence electrons. The van der Waals surface area contributed by atoms with Gasteiger partial charge >= 0.3 is 0 Å². The van der Waals surface area contributed by atoms with Gasteiger partial charge in [-0.1, -0.05) is 42.5 Å². The first-order chi connectivity index (χ1) is 18.2. The van der Waals surface area contributed by atoms with Crippen LogP contribution in [0, 0.1) is 11.2 Å². The zero-order valence-electron chi connectivity index (χ0n) is 21.7. The highest BCUT2D eigenvalue weighted by Gasteiger charge is 2.06. The van der Waals surface area contributed by atoms with Gasteiger partial charge in [0.15, 0.2) is 0 Å². The third-order valence-electron chi connectivity index (χ3n) is 4.90. The van der Waals surface area contributed by atoms with Gasteiger partial charge < -0.3 is 32.1 Å². The van der Waals surface area contributed by atoms with Crippen LogP contribution in [0.3, 0.4) is 0 Å². The summed E-state index contributed by atoms with van der Waals surface area (Å²) in [4.78, 5) is 19.0. The molecule has 3 rings (SSSR count). The molecule has 38 heavy (non-hydrogen) atoms. The fourth-order valence-electron chi connectivity index (χ4n) is 3.06. The Hall–Kier alpha value is -4.50. The molecule has 0 heterocycles. The van der Waals surface area contributed by atoms with Gasteiger partial charge in [-0.25, -0.2) is 4.39 Å². The quantitative estimate of drug-likeness (QED) is 0.174. The number of carbonyl (C=O) groups excluding carboxylic acids is 2. The minimum Gasteiger partial charge on any atom is -0.457 e. The van der Waals surface area contributed by atoms with Crippen LogP contribution < -0.4 is 21.9 Å². The normalized spacial score (nSPS) is 10.5. The van der Waals surface area contributed by atoms with E-state index in [2.05, 4.69) is 17.9 Å². The zero-order chi connectivity index (χ0) is 28.3. The highest BCUT2D eigenvalue weighted by atomic mass is 19.1. The molecule has 3 aromatic rings. The number of nitrogens with two attached hydrogens (primary N) is 3. The zero-order valence-corrected chi connectivity index (χ0v) is 21.7. The second-order valence-electron chi connectivity index (χ2n) is 8.05. The van der Waals surface area contributed by atoms with Crippen LogP contribution in [0.4, 0.5) is 4.39 Å². The van der Waals surface area contributed by atoms with Gasteiger partial charge in [-0.2, -0.15) is 0 Å². The van der Waals surface area contributed by atoms with Crippen molar-refractivity contribution in [2.45, 2.75) is 33.3 Å². The molecule has 0 bridgehead atoms. The predicted octanol–water partition coefficient (Wildman–Crippen LogP) is 4.61. The topological polar surface area (TPSA) is 155 Å². The maximum Gasteiger partial charge on any atom is 0.221 e. The number of primary amides is 2. The molecule has 0 aliphatic heterocycles. The molecule has 0 aromatic heterocycles. The van der Waals surface area contributed by atoms with E-state index in [1.54, 1.807) is 26.0 Å². The number of nitrogens with one attached hydrogen (secondary N) is 1. The number of carbonyl (C=O) groups is 2. The number of amides is 2. The summed E-state index contributed by atoms with van der Waals surface area (Å²) in [6.07, 6.45) is 1.15. The largest absolute Gasteiger partial charge is 0.457 e. The Bertz CT molecular complexity index is 1160. The van der Waals surface area contributed by atoms with Crippen LogP contribution in [0.15, 0.2) is 90.1 Å². The van der Waals surface area contributed by atoms with Crippen molar-refractivity contribution in [2.24, 2.45) is 17.2 Å². The van der Waals surface area contributed by atoms with Gasteiger partial charge in [-0.15, -0.1) is 0 Å². The van der Waals surface area contributed by atoms with E-state index in [1.807, 2.05) is 42.5 Å². The van der Waals surface area contributed by atoms with Crippen LogP contribution in [0.1, 0.15) is 31.4 Å². The van der Waals surface area contributed by atoms with E-state index in [4.69, 9.17) is 31.1 Å². The number of hydrogen-bond donors (Lipinski definition) is 4. The molecule has 0 aliphatic rings. The summed E-state index contributed by atoms with van der Waals surface area (Å²) in [6.45, 7) is 4.53. The Morgan fingerprint density at radius 1 is 0.895 bits per heavy atom. The van der Waals surface area contributed by atoms with E-state index < -0.39 is 5.91 Å². The Morgan fingerprint density at radius 2 is 1.42 bits per heavy atom. The third kappa shape index (κ3) is 13.6. The molecule has 0 radical (unpaired) electrons. The van der Waals surface area contributed by atoms with E-state index in [1.165, 1.54) is 23.3 Å². The molecule has 3 aromatic carbocycles. The van der Waals surface area contributed by atoms with Crippen LogP contribution in [0.25, 0.3) is 0 Å². The second-order valence-corrected chi connectivity index (χ2v) is 8.05. The summed E-state index contributed by atoms with van der Waals surface area (Å²) in [5.74, 6) is 0.621. The van der Waals surface area contributed by atoms with Crippen molar-refractivity contribution in [3.8, 4) is 11.5 Å². The first kappa shape index (κ1) is 31.5. The summed E-state index contributed by atoms with van der Waals surface area (Å²) < 4.78 is 24.2. The Kier molecular flexibility index (Phi) is 14.8. The van der Waals surface area contributed by atoms with Crippen molar-refractivity contribution >= 4 is 18.0 Å². The average Bonchev–Trinajstić information content (AvgIpc) is 2.88. The maximum absolute atomic E-state index is 12.9. The molecular weight excluding hydrogens is 487 g/mol. The molecule has 0 unspecified atom stereocenters. The lowest BCUT2D eigenvalue weighted by Crippen LogP contribution is -2.16. The number of allylic oxidation sites excluding steroid dienone is 1. The maximum atomic E-state index is 12.9. The summed E-state index contributed by atoms with van der Waals surface area (Å²) in [7, 11) is 0. The van der Waals surface area contributed by atoms with Crippen LogP contribution in [-0.2, 0) is 27.4 Å². The summed E-state index contributed by atoms with van der Waals surface area (Å²) in [6, 6.07) is 24.0. The number of ether oxygens (including phenoxy) is 2. The lowest BCUT2D eigenvalue weighted by atomic mass is 10.1. The van der Waals surface area contributed by atoms with Crippen LogP contribution in [0.2, 0.25) is 0 Å². The standard InChI is InChI=1S/C21H19FO2.C7H13N3O.CH3NO/c22-19-8-12-21(13-9-19)24-20-10-6-17(7-11-20)14-15-23-16-18-4-2-1-3-5-18;1-4(8)6(5(2)9)3-7(10)11;2-1-3/h1-13H,14-16H2;8H,3,9H2,1-2H3,(H2,10,11);1H,(H2,2,3)/b;6-5-,8-4?;. The number of hydrogen-bond acceptors (Lipinski definition) is 6. The molecule has 7 N–H and O–H groups in total. The highest BCUT2D eigenvalue weighted by molar-refractivity contribution is 6.00. The van der Waals surface area contributed by atoms with Crippen molar-refractivity contribution in [2.75, 3.05) is 6.61 Å². The highest BCUT2D eigenvalue weighted by Crippen LogP contribution is 2.22. The fraction of sp³-hybridized carbons (Fsp3) is 0.207. The molecular formula is C29H35FN4O4. The second kappa shape index (κ2) is 17.9. The molecule has 9 heteroatoms. The summed E-state index contributed by atoms with van der Waals surface area (Å²) >= 11 is 0. The molecule has 0 spiro atoms. The fourth-order valence-corrected chi connectivity index (χ4v) is 3.06. The first-order valence-electron chi connectivity index (χ1n) is 11.7. The van der Waals surface area contributed by atoms with Crippen molar-refractivity contribution in [1.82, 2.24) is 0 Å².